The Labute approximate surface area is 173 Å². The molecule has 0 atom stereocenters. The van der Waals surface area contributed by atoms with Gasteiger partial charge in [0.15, 0.2) is 0 Å². The zero-order valence-corrected chi connectivity index (χ0v) is 17.9. The smallest absolute Gasteiger partial charge is 0.321 e. The van der Waals surface area contributed by atoms with E-state index in [2.05, 4.69) is 17.0 Å². The molecule has 4 rings (SSSR count). The second kappa shape index (κ2) is 8.24. The minimum atomic E-state index is -3.17. The van der Waals surface area contributed by atoms with Gasteiger partial charge in [-0.15, -0.1) is 0 Å². The summed E-state index contributed by atoms with van der Waals surface area (Å²) in [5.74, 6) is 0.131. The molecule has 0 unspecified atom stereocenters. The molecule has 160 valence electrons. The van der Waals surface area contributed by atoms with E-state index < -0.39 is 10.0 Å². The van der Waals surface area contributed by atoms with Crippen molar-refractivity contribution < 1.29 is 17.9 Å². The van der Waals surface area contributed by atoms with Crippen LogP contribution in [0, 0.1) is 0 Å². The zero-order valence-electron chi connectivity index (χ0n) is 17.1. The van der Waals surface area contributed by atoms with Crippen molar-refractivity contribution in [3.05, 3.63) is 35.9 Å². The van der Waals surface area contributed by atoms with Crippen molar-refractivity contribution in [3.8, 4) is 0 Å². The summed E-state index contributed by atoms with van der Waals surface area (Å²) in [4.78, 5) is 17.6. The van der Waals surface area contributed by atoms with Crippen molar-refractivity contribution in [2.45, 2.75) is 50.7 Å². The van der Waals surface area contributed by atoms with Gasteiger partial charge in [0.1, 0.15) is 0 Å². The molecule has 29 heavy (non-hydrogen) atoms. The molecule has 1 aromatic carbocycles. The third-order valence-corrected chi connectivity index (χ3v) is 8.54. The standard InChI is InChI=1S/C21H31N3O4S/c1-2-29(26,27)23-12-8-19(9-13-23)24-20(25)22(16-18-6-4-3-5-7-18)17-21(24)10-14-28-15-11-21/h3-7,19H,2,8-17H2,1H3. The molecule has 3 heterocycles. The maximum atomic E-state index is 13.5. The topological polar surface area (TPSA) is 70.2 Å². The fourth-order valence-corrected chi connectivity index (χ4v) is 6.17. The molecule has 0 radical (unpaired) electrons. The summed E-state index contributed by atoms with van der Waals surface area (Å²) in [6.45, 7) is 5.35. The van der Waals surface area contributed by atoms with Crippen LogP contribution in [0.25, 0.3) is 0 Å². The second-order valence-corrected chi connectivity index (χ2v) is 10.6. The number of nitrogens with zero attached hydrogens (tertiary/aromatic N) is 3. The van der Waals surface area contributed by atoms with Gasteiger partial charge in [-0.1, -0.05) is 30.3 Å². The minimum absolute atomic E-state index is 0.0877. The van der Waals surface area contributed by atoms with Gasteiger partial charge in [0.2, 0.25) is 10.0 Å². The lowest BCUT2D eigenvalue weighted by Gasteiger charge is -2.46. The largest absolute Gasteiger partial charge is 0.381 e. The summed E-state index contributed by atoms with van der Waals surface area (Å²) in [5.41, 5.74) is 0.939. The summed E-state index contributed by atoms with van der Waals surface area (Å²) in [6, 6.07) is 10.3. The molecule has 3 aliphatic heterocycles. The first kappa shape index (κ1) is 20.6. The lowest BCUT2D eigenvalue weighted by atomic mass is 9.86. The molecule has 7 nitrogen and oxygen atoms in total. The van der Waals surface area contributed by atoms with Crippen LogP contribution < -0.4 is 0 Å². The van der Waals surface area contributed by atoms with Crippen molar-refractivity contribution in [3.63, 3.8) is 0 Å². The van der Waals surface area contributed by atoms with E-state index in [0.717, 1.165) is 24.9 Å². The molecule has 3 aliphatic rings. The molecule has 3 saturated heterocycles. The predicted molar refractivity (Wildman–Crippen MR) is 111 cm³/mol. The van der Waals surface area contributed by atoms with Crippen LogP contribution in [0.1, 0.15) is 38.2 Å². The van der Waals surface area contributed by atoms with E-state index in [9.17, 15) is 13.2 Å². The number of carbonyl (C=O) groups is 1. The zero-order chi connectivity index (χ0) is 20.5. The number of rotatable bonds is 5. The Morgan fingerprint density at radius 3 is 2.38 bits per heavy atom. The van der Waals surface area contributed by atoms with Crippen LogP contribution in [0.3, 0.4) is 0 Å². The van der Waals surface area contributed by atoms with E-state index in [1.54, 1.807) is 11.2 Å². The van der Waals surface area contributed by atoms with Crippen LogP contribution in [0.15, 0.2) is 30.3 Å². The number of hydrogen-bond acceptors (Lipinski definition) is 4. The Balaban J connectivity index is 1.53. The number of sulfonamides is 1. The third-order valence-electron chi connectivity index (χ3n) is 6.66. The van der Waals surface area contributed by atoms with Gasteiger partial charge in [-0.2, -0.15) is 0 Å². The van der Waals surface area contributed by atoms with E-state index in [1.165, 1.54) is 0 Å². The summed E-state index contributed by atoms with van der Waals surface area (Å²) < 4.78 is 31.6. The number of amides is 2. The Kier molecular flexibility index (Phi) is 5.86. The molecule has 1 aromatic rings. The lowest BCUT2D eigenvalue weighted by Crippen LogP contribution is -2.57. The maximum Gasteiger partial charge on any atom is 0.321 e. The summed E-state index contributed by atoms with van der Waals surface area (Å²) in [6.07, 6.45) is 3.09. The highest BCUT2D eigenvalue weighted by Gasteiger charge is 2.53. The van der Waals surface area contributed by atoms with Crippen LogP contribution in [0.5, 0.6) is 0 Å². The molecule has 0 saturated carbocycles. The highest BCUT2D eigenvalue weighted by atomic mass is 32.2. The fourth-order valence-electron chi connectivity index (χ4n) is 5.04. The molecular weight excluding hydrogens is 390 g/mol. The van der Waals surface area contributed by atoms with Gasteiger partial charge in [-0.05, 0) is 38.2 Å². The molecule has 0 aromatic heterocycles. The number of urea groups is 1. The van der Waals surface area contributed by atoms with Crippen LogP contribution in [-0.4, -0.2) is 78.7 Å². The molecule has 1 spiro atoms. The van der Waals surface area contributed by atoms with E-state index >= 15 is 0 Å². The van der Waals surface area contributed by atoms with Crippen molar-refractivity contribution in [1.82, 2.24) is 14.1 Å². The first-order valence-electron chi connectivity index (χ1n) is 10.6. The first-order valence-corrected chi connectivity index (χ1v) is 12.2. The fraction of sp³-hybridized carbons (Fsp3) is 0.667. The summed E-state index contributed by atoms with van der Waals surface area (Å²) in [5, 5.41) is 0. The Morgan fingerprint density at radius 1 is 1.10 bits per heavy atom. The van der Waals surface area contributed by atoms with Crippen molar-refractivity contribution >= 4 is 16.1 Å². The highest BCUT2D eigenvalue weighted by molar-refractivity contribution is 7.89. The number of piperidine rings is 1. The maximum absolute atomic E-state index is 13.5. The number of hydrogen-bond donors (Lipinski definition) is 0. The van der Waals surface area contributed by atoms with Crippen molar-refractivity contribution in [2.75, 3.05) is 38.6 Å². The molecule has 3 fully saturated rings. The van der Waals surface area contributed by atoms with Crippen LogP contribution in [0.4, 0.5) is 4.79 Å². The SMILES string of the molecule is CCS(=O)(=O)N1CCC(N2C(=O)N(Cc3ccccc3)CC23CCOCC3)CC1. The predicted octanol–water partition coefficient (Wildman–Crippen LogP) is 2.29. The van der Waals surface area contributed by atoms with Gasteiger partial charge in [0.25, 0.3) is 0 Å². The van der Waals surface area contributed by atoms with E-state index in [4.69, 9.17) is 4.74 Å². The van der Waals surface area contributed by atoms with E-state index in [-0.39, 0.29) is 23.4 Å². The van der Waals surface area contributed by atoms with Gasteiger partial charge in [0.05, 0.1) is 11.3 Å². The minimum Gasteiger partial charge on any atom is -0.381 e. The van der Waals surface area contributed by atoms with Gasteiger partial charge < -0.3 is 14.5 Å². The van der Waals surface area contributed by atoms with E-state index in [0.29, 0.717) is 45.7 Å². The average Bonchev–Trinajstić information content (AvgIpc) is 3.00. The van der Waals surface area contributed by atoms with Crippen LogP contribution >= 0.6 is 0 Å². The average molecular weight is 422 g/mol. The highest BCUT2D eigenvalue weighted by Crippen LogP contribution is 2.40. The quantitative estimate of drug-likeness (QED) is 0.731. The van der Waals surface area contributed by atoms with Crippen LogP contribution in [-0.2, 0) is 21.3 Å². The number of benzene rings is 1. The molecule has 2 amide bonds. The molecular formula is C21H31N3O4S. The van der Waals surface area contributed by atoms with Gasteiger partial charge in [-0.3, -0.25) is 0 Å². The number of ether oxygens (including phenoxy) is 1. The first-order chi connectivity index (χ1) is 14.0. The van der Waals surface area contributed by atoms with Gasteiger partial charge in [-0.25, -0.2) is 17.5 Å². The van der Waals surface area contributed by atoms with Crippen molar-refractivity contribution in [1.29, 1.82) is 0 Å². The van der Waals surface area contributed by atoms with Gasteiger partial charge in [0, 0.05) is 45.4 Å². The normalized spacial score (nSPS) is 23.8. The Hall–Kier alpha value is -1.64. The molecule has 0 aliphatic carbocycles. The summed E-state index contributed by atoms with van der Waals surface area (Å²) in [7, 11) is -3.17. The summed E-state index contributed by atoms with van der Waals surface area (Å²) >= 11 is 0. The molecule has 8 heteroatoms. The van der Waals surface area contributed by atoms with Gasteiger partial charge >= 0.3 is 6.03 Å². The molecule has 0 N–H and O–H groups in total. The lowest BCUT2D eigenvalue weighted by molar-refractivity contribution is -0.0131. The Morgan fingerprint density at radius 2 is 1.76 bits per heavy atom. The van der Waals surface area contributed by atoms with Crippen molar-refractivity contribution in [2.24, 2.45) is 0 Å². The van der Waals surface area contributed by atoms with Crippen LogP contribution in [0.2, 0.25) is 0 Å². The third kappa shape index (κ3) is 4.02. The second-order valence-electron chi connectivity index (χ2n) is 8.36. The number of carbonyl (C=O) groups excluding carboxylic acids is 1. The monoisotopic (exact) mass is 421 g/mol. The Bertz CT molecular complexity index is 816. The van der Waals surface area contributed by atoms with E-state index in [1.807, 2.05) is 23.1 Å². The molecule has 0 bridgehead atoms.